The third kappa shape index (κ3) is 5.04. The number of carbonyl (C=O) groups is 1. The molecule has 0 aliphatic carbocycles. The van der Waals surface area contributed by atoms with Crippen molar-refractivity contribution in [2.45, 2.75) is 19.1 Å². The molecule has 0 aromatic heterocycles. The first-order valence-electron chi connectivity index (χ1n) is 6.57. The Balaban J connectivity index is 1.98. The molecule has 0 spiro atoms. The first-order valence-corrected chi connectivity index (χ1v) is 8.23. The minimum atomic E-state index is -3.66. The summed E-state index contributed by atoms with van der Waals surface area (Å²) in [5.41, 5.74) is 2.48. The van der Waals surface area contributed by atoms with E-state index in [0.29, 0.717) is 5.56 Å². The number of rotatable bonds is 5. The van der Waals surface area contributed by atoms with Crippen LogP contribution in [0, 0.1) is 6.92 Å². The summed E-state index contributed by atoms with van der Waals surface area (Å²) in [6, 6.07) is 16.2. The number of nitrogens with one attached hydrogen (secondary N) is 1. The van der Waals surface area contributed by atoms with Crippen molar-refractivity contribution in [3.8, 4) is 0 Å². The first-order chi connectivity index (χ1) is 9.94. The fourth-order valence-corrected chi connectivity index (χ4v) is 3.17. The van der Waals surface area contributed by atoms with E-state index in [1.54, 1.807) is 30.3 Å². The van der Waals surface area contributed by atoms with Gasteiger partial charge in [0, 0.05) is 0 Å². The molecule has 0 fully saturated rings. The molecule has 2 rings (SSSR count). The fourth-order valence-electron chi connectivity index (χ4n) is 2.05. The van der Waals surface area contributed by atoms with Gasteiger partial charge >= 0.3 is 0 Å². The third-order valence-corrected chi connectivity index (χ3v) is 4.17. The predicted molar refractivity (Wildman–Crippen MR) is 82.1 cm³/mol. The summed E-state index contributed by atoms with van der Waals surface area (Å²) in [5.74, 6) is -0.718. The zero-order valence-corrected chi connectivity index (χ0v) is 12.6. The van der Waals surface area contributed by atoms with Crippen LogP contribution in [0.15, 0.2) is 54.6 Å². The van der Waals surface area contributed by atoms with Gasteiger partial charge in [-0.1, -0.05) is 60.2 Å². The van der Waals surface area contributed by atoms with Crippen LogP contribution in [0.4, 0.5) is 0 Å². The van der Waals surface area contributed by atoms with Crippen LogP contribution in [-0.2, 0) is 27.0 Å². The lowest BCUT2D eigenvalue weighted by Crippen LogP contribution is -2.32. The summed E-state index contributed by atoms with van der Waals surface area (Å²) in [6.07, 6.45) is 0.0513. The Labute approximate surface area is 124 Å². The molecule has 0 heterocycles. The van der Waals surface area contributed by atoms with Crippen molar-refractivity contribution in [1.29, 1.82) is 0 Å². The molecule has 0 radical (unpaired) electrons. The van der Waals surface area contributed by atoms with Crippen molar-refractivity contribution >= 4 is 15.9 Å². The maximum Gasteiger partial charge on any atom is 0.239 e. The minimum Gasteiger partial charge on any atom is -0.274 e. The van der Waals surface area contributed by atoms with Crippen LogP contribution in [-0.4, -0.2) is 14.3 Å². The van der Waals surface area contributed by atoms with E-state index in [1.807, 2.05) is 31.2 Å². The topological polar surface area (TPSA) is 63.2 Å². The van der Waals surface area contributed by atoms with Crippen LogP contribution < -0.4 is 4.72 Å². The minimum absolute atomic E-state index is 0.0513. The predicted octanol–water partition coefficient (Wildman–Crippen LogP) is 2.18. The maximum atomic E-state index is 11.9. The smallest absolute Gasteiger partial charge is 0.239 e. The highest BCUT2D eigenvalue weighted by molar-refractivity contribution is 7.89. The fraction of sp³-hybridized carbons (Fsp3) is 0.188. The van der Waals surface area contributed by atoms with Crippen LogP contribution in [0.2, 0.25) is 0 Å². The Morgan fingerprint density at radius 2 is 1.67 bits per heavy atom. The zero-order valence-electron chi connectivity index (χ0n) is 11.7. The molecule has 0 unspecified atom stereocenters. The molecule has 1 amide bonds. The van der Waals surface area contributed by atoms with E-state index in [-0.39, 0.29) is 12.2 Å². The molecule has 0 aliphatic heterocycles. The lowest BCUT2D eigenvalue weighted by atomic mass is 10.1. The van der Waals surface area contributed by atoms with Crippen molar-refractivity contribution < 1.29 is 13.2 Å². The number of carbonyl (C=O) groups excluding carboxylic acids is 1. The Morgan fingerprint density at radius 1 is 1.00 bits per heavy atom. The number of hydrogen-bond acceptors (Lipinski definition) is 3. The number of amides is 1. The molecular formula is C16H17NO3S. The average Bonchev–Trinajstić information content (AvgIpc) is 2.38. The molecule has 21 heavy (non-hydrogen) atoms. The molecule has 0 atom stereocenters. The summed E-state index contributed by atoms with van der Waals surface area (Å²) >= 11 is 0. The van der Waals surface area contributed by atoms with Gasteiger partial charge < -0.3 is 0 Å². The van der Waals surface area contributed by atoms with Crippen molar-refractivity contribution in [2.75, 3.05) is 0 Å². The quantitative estimate of drug-likeness (QED) is 0.921. The number of benzene rings is 2. The van der Waals surface area contributed by atoms with Crippen molar-refractivity contribution in [1.82, 2.24) is 4.72 Å². The van der Waals surface area contributed by atoms with E-state index in [4.69, 9.17) is 0 Å². The third-order valence-electron chi connectivity index (χ3n) is 2.92. The summed E-state index contributed by atoms with van der Waals surface area (Å²) in [5, 5.41) is 0. The van der Waals surface area contributed by atoms with Gasteiger partial charge in [-0.25, -0.2) is 8.42 Å². The molecule has 2 aromatic rings. The lowest BCUT2D eigenvalue weighted by molar-refractivity contribution is -0.118. The Hall–Kier alpha value is -2.14. The second-order valence-corrected chi connectivity index (χ2v) is 6.66. The normalized spacial score (nSPS) is 11.1. The molecule has 4 nitrogen and oxygen atoms in total. The highest BCUT2D eigenvalue weighted by atomic mass is 32.2. The van der Waals surface area contributed by atoms with Gasteiger partial charge in [0.1, 0.15) is 0 Å². The molecule has 0 saturated heterocycles. The monoisotopic (exact) mass is 303 g/mol. The molecule has 2 aromatic carbocycles. The summed E-state index contributed by atoms with van der Waals surface area (Å²) in [7, 11) is -3.66. The SMILES string of the molecule is Cc1cccc(CC(=O)NS(=O)(=O)Cc2ccccc2)c1. The Kier molecular flexibility index (Phi) is 4.75. The molecule has 110 valence electrons. The van der Waals surface area contributed by atoms with Crippen LogP contribution in [0.5, 0.6) is 0 Å². The highest BCUT2D eigenvalue weighted by Crippen LogP contribution is 2.07. The largest absolute Gasteiger partial charge is 0.274 e. The van der Waals surface area contributed by atoms with E-state index in [9.17, 15) is 13.2 Å². The summed E-state index contributed by atoms with van der Waals surface area (Å²) in [4.78, 5) is 11.8. The van der Waals surface area contributed by atoms with Gasteiger partial charge in [0.2, 0.25) is 15.9 Å². The van der Waals surface area contributed by atoms with Crippen LogP contribution in [0.3, 0.4) is 0 Å². The van der Waals surface area contributed by atoms with Crippen molar-refractivity contribution in [3.63, 3.8) is 0 Å². The average molecular weight is 303 g/mol. The number of aryl methyl sites for hydroxylation is 1. The Bertz CT molecular complexity index is 724. The number of sulfonamides is 1. The van der Waals surface area contributed by atoms with Gasteiger partial charge in [0.15, 0.2) is 0 Å². The van der Waals surface area contributed by atoms with E-state index in [0.717, 1.165) is 11.1 Å². The maximum absolute atomic E-state index is 11.9. The molecular weight excluding hydrogens is 286 g/mol. The molecule has 0 bridgehead atoms. The van der Waals surface area contributed by atoms with Crippen LogP contribution in [0.25, 0.3) is 0 Å². The lowest BCUT2D eigenvalue weighted by Gasteiger charge is -2.07. The van der Waals surface area contributed by atoms with E-state index >= 15 is 0 Å². The molecule has 1 N–H and O–H groups in total. The van der Waals surface area contributed by atoms with Crippen molar-refractivity contribution in [2.24, 2.45) is 0 Å². The van der Waals surface area contributed by atoms with E-state index < -0.39 is 15.9 Å². The first kappa shape index (κ1) is 15.3. The second kappa shape index (κ2) is 6.54. The van der Waals surface area contributed by atoms with Gasteiger partial charge in [0.05, 0.1) is 12.2 Å². The summed E-state index contributed by atoms with van der Waals surface area (Å²) in [6.45, 7) is 1.92. The second-order valence-electron chi connectivity index (χ2n) is 4.94. The van der Waals surface area contributed by atoms with Crippen LogP contribution >= 0.6 is 0 Å². The highest BCUT2D eigenvalue weighted by Gasteiger charge is 2.15. The van der Waals surface area contributed by atoms with Gasteiger partial charge in [-0.05, 0) is 18.1 Å². The zero-order chi connectivity index (χ0) is 15.3. The van der Waals surface area contributed by atoms with E-state index in [2.05, 4.69) is 4.72 Å². The van der Waals surface area contributed by atoms with Crippen LogP contribution in [0.1, 0.15) is 16.7 Å². The standard InChI is InChI=1S/C16H17NO3S/c1-13-6-5-9-15(10-13)11-16(18)17-21(19,20)12-14-7-3-2-4-8-14/h2-10H,11-12H2,1H3,(H,17,18). The van der Waals surface area contributed by atoms with Gasteiger partial charge in [-0.15, -0.1) is 0 Å². The van der Waals surface area contributed by atoms with Gasteiger partial charge in [-0.2, -0.15) is 0 Å². The van der Waals surface area contributed by atoms with Gasteiger partial charge in [0.25, 0.3) is 0 Å². The van der Waals surface area contributed by atoms with E-state index in [1.165, 1.54) is 0 Å². The van der Waals surface area contributed by atoms with Gasteiger partial charge in [-0.3, -0.25) is 9.52 Å². The number of hydrogen-bond donors (Lipinski definition) is 1. The molecule has 0 saturated carbocycles. The molecule has 5 heteroatoms. The van der Waals surface area contributed by atoms with Crippen molar-refractivity contribution in [3.05, 3.63) is 71.3 Å². The Morgan fingerprint density at radius 3 is 2.33 bits per heavy atom. The molecule has 0 aliphatic rings. The summed E-state index contributed by atoms with van der Waals surface area (Å²) < 4.78 is 26.0.